The second-order valence-electron chi connectivity index (χ2n) is 10.6. The number of anilines is 1. The van der Waals surface area contributed by atoms with Gasteiger partial charge >= 0.3 is 0 Å². The number of methoxy groups -OCH3 is 1. The van der Waals surface area contributed by atoms with Crippen molar-refractivity contribution in [1.82, 2.24) is 4.98 Å². The molecule has 0 saturated heterocycles. The third-order valence-electron chi connectivity index (χ3n) is 7.47. The van der Waals surface area contributed by atoms with Gasteiger partial charge in [0.25, 0.3) is 5.91 Å². The third kappa shape index (κ3) is 5.59. The van der Waals surface area contributed by atoms with Crippen LogP contribution in [-0.2, 0) is 16.2 Å². The number of aliphatic hydroxyl groups is 1. The smallest absolute Gasteiger partial charge is 0.296 e. The Kier molecular flexibility index (Phi) is 8.00. The highest BCUT2D eigenvalue weighted by Crippen LogP contribution is 2.45. The molecule has 5 aromatic rings. The molecule has 0 aliphatic carbocycles. The summed E-state index contributed by atoms with van der Waals surface area (Å²) in [7, 11) is 1.53. The molecule has 0 saturated carbocycles. The first-order valence-corrected chi connectivity index (χ1v) is 14.9. The molecule has 8 heteroatoms. The number of allylic oxidation sites excluding steroid dienone is 1. The average molecular weight is 603 g/mol. The summed E-state index contributed by atoms with van der Waals surface area (Å²) >= 11 is 1.34. The molecule has 220 valence electrons. The predicted molar refractivity (Wildman–Crippen MR) is 173 cm³/mol. The molecule has 2 heterocycles. The van der Waals surface area contributed by atoms with Crippen LogP contribution in [0.2, 0.25) is 0 Å². The maximum atomic E-state index is 13.7. The maximum Gasteiger partial charge on any atom is 0.296 e. The molecule has 0 spiro atoms. The number of aromatic nitrogens is 1. The number of hydrogen-bond donors (Lipinski definition) is 1. The normalized spacial score (nSPS) is 15.0. The summed E-state index contributed by atoms with van der Waals surface area (Å²) in [6, 6.07) is 27.5. The first kappa shape index (κ1) is 28.9. The second kappa shape index (κ2) is 12.2. The Balaban J connectivity index is 1.42. The monoisotopic (exact) mass is 602 g/mol. The molecule has 1 unspecified atom stereocenters. The molecular weight excluding hydrogens is 572 g/mol. The first-order chi connectivity index (χ1) is 21.3. The van der Waals surface area contributed by atoms with E-state index in [1.807, 2.05) is 86.6 Å². The van der Waals surface area contributed by atoms with E-state index in [9.17, 15) is 14.7 Å². The molecule has 4 aromatic carbocycles. The van der Waals surface area contributed by atoms with Crippen LogP contribution in [0, 0.1) is 13.8 Å². The van der Waals surface area contributed by atoms with Gasteiger partial charge in [0.05, 0.1) is 28.9 Å². The molecular formula is C36H30N2O5S. The van der Waals surface area contributed by atoms with Gasteiger partial charge in [-0.2, -0.15) is 0 Å². The summed E-state index contributed by atoms with van der Waals surface area (Å²) in [4.78, 5) is 33.7. The summed E-state index contributed by atoms with van der Waals surface area (Å²) in [5, 5.41) is 11.6. The molecule has 44 heavy (non-hydrogen) atoms. The zero-order valence-corrected chi connectivity index (χ0v) is 25.3. The van der Waals surface area contributed by atoms with E-state index in [0.29, 0.717) is 28.8 Å². The molecule has 7 nitrogen and oxygen atoms in total. The average Bonchev–Trinajstić information content (AvgIpc) is 3.58. The summed E-state index contributed by atoms with van der Waals surface area (Å²) in [5.74, 6) is -0.841. The van der Waals surface area contributed by atoms with Gasteiger partial charge in [0.2, 0.25) is 0 Å². The van der Waals surface area contributed by atoms with Crippen molar-refractivity contribution in [2.45, 2.75) is 26.5 Å². The van der Waals surface area contributed by atoms with Crippen molar-refractivity contribution in [3.8, 4) is 11.5 Å². The second-order valence-corrected chi connectivity index (χ2v) is 11.6. The number of benzene rings is 4. The number of aliphatic hydroxyl groups excluding tert-OH is 1. The van der Waals surface area contributed by atoms with Crippen molar-refractivity contribution in [2.75, 3.05) is 12.0 Å². The third-order valence-corrected chi connectivity index (χ3v) is 8.47. The van der Waals surface area contributed by atoms with Gasteiger partial charge in [0.15, 0.2) is 28.2 Å². The zero-order chi connectivity index (χ0) is 30.8. The van der Waals surface area contributed by atoms with Crippen LogP contribution in [0.15, 0.2) is 108 Å². The fraction of sp³-hybridized carbons (Fsp3) is 0.139. The Morgan fingerprint density at radius 2 is 1.70 bits per heavy atom. The van der Waals surface area contributed by atoms with Crippen molar-refractivity contribution < 1.29 is 24.2 Å². The molecule has 1 amide bonds. The number of carbonyl (C=O) groups is 2. The van der Waals surface area contributed by atoms with E-state index >= 15 is 0 Å². The molecule has 1 aliphatic heterocycles. The Bertz CT molecular complexity index is 1930. The van der Waals surface area contributed by atoms with E-state index in [2.05, 4.69) is 0 Å². The van der Waals surface area contributed by atoms with Gasteiger partial charge in [-0.3, -0.25) is 14.5 Å². The lowest BCUT2D eigenvalue weighted by molar-refractivity contribution is -0.117. The number of nitrogens with zero attached hydrogens (tertiary/aromatic N) is 2. The van der Waals surface area contributed by atoms with Crippen LogP contribution in [0.25, 0.3) is 16.3 Å². The van der Waals surface area contributed by atoms with E-state index < -0.39 is 23.5 Å². The zero-order valence-electron chi connectivity index (χ0n) is 24.5. The van der Waals surface area contributed by atoms with E-state index in [4.69, 9.17) is 14.5 Å². The molecule has 0 fully saturated rings. The topological polar surface area (TPSA) is 89.0 Å². The standard InChI is InChI=1S/C36H30N2O5S/c1-22-18-23(2)32-30(19-22)44-36(37-32)38-33(31(34(40)35(38)41)27(39)16-14-24-10-6-4-7-11-24)26-15-17-28(29(20-26)42-3)43-21-25-12-8-5-9-13-25/h4-20,33,40H,21H2,1-3H3/b16-14+. The maximum absolute atomic E-state index is 13.7. The van der Waals surface area contributed by atoms with Gasteiger partial charge in [0, 0.05) is 0 Å². The molecule has 1 aliphatic rings. The summed E-state index contributed by atoms with van der Waals surface area (Å²) in [6.07, 6.45) is 3.04. The highest BCUT2D eigenvalue weighted by molar-refractivity contribution is 7.22. The van der Waals surface area contributed by atoms with E-state index in [0.717, 1.165) is 32.5 Å². The van der Waals surface area contributed by atoms with Crippen LogP contribution in [0.3, 0.4) is 0 Å². The first-order valence-electron chi connectivity index (χ1n) is 14.1. The number of fused-ring (bicyclic) bond motifs is 1. The van der Waals surface area contributed by atoms with Crippen LogP contribution < -0.4 is 14.4 Å². The van der Waals surface area contributed by atoms with E-state index in [-0.39, 0.29) is 5.57 Å². The lowest BCUT2D eigenvalue weighted by Gasteiger charge is -2.25. The van der Waals surface area contributed by atoms with Crippen LogP contribution in [0.5, 0.6) is 11.5 Å². The number of aryl methyl sites for hydroxylation is 2. The van der Waals surface area contributed by atoms with Gasteiger partial charge in [-0.25, -0.2) is 4.98 Å². The molecule has 1 atom stereocenters. The van der Waals surface area contributed by atoms with Gasteiger partial charge in [-0.15, -0.1) is 0 Å². The van der Waals surface area contributed by atoms with Gasteiger partial charge < -0.3 is 14.6 Å². The predicted octanol–water partition coefficient (Wildman–Crippen LogP) is 7.68. The Labute approximate surface area is 259 Å². The van der Waals surface area contributed by atoms with Crippen molar-refractivity contribution in [1.29, 1.82) is 0 Å². The van der Waals surface area contributed by atoms with E-state index in [1.165, 1.54) is 29.4 Å². The summed E-state index contributed by atoms with van der Waals surface area (Å²) < 4.78 is 12.7. The Morgan fingerprint density at radius 3 is 2.43 bits per heavy atom. The number of thiazole rings is 1. The molecule has 0 radical (unpaired) electrons. The fourth-order valence-corrected chi connectivity index (χ4v) is 6.53. The Morgan fingerprint density at radius 1 is 0.977 bits per heavy atom. The summed E-state index contributed by atoms with van der Waals surface area (Å²) in [6.45, 7) is 4.32. The number of amides is 1. The van der Waals surface area contributed by atoms with Gasteiger partial charge in [-0.1, -0.05) is 90.2 Å². The number of ether oxygens (including phenoxy) is 2. The quantitative estimate of drug-likeness (QED) is 0.174. The van der Waals surface area contributed by atoms with Crippen LogP contribution in [0.1, 0.15) is 33.9 Å². The van der Waals surface area contributed by atoms with Crippen LogP contribution in [-0.4, -0.2) is 28.9 Å². The molecule has 1 aromatic heterocycles. The minimum Gasteiger partial charge on any atom is -0.503 e. The SMILES string of the molecule is COc1cc(C2C(C(=O)/C=C/c3ccccc3)=C(O)C(=O)N2c2nc3c(C)cc(C)cc3s2)ccc1OCc1ccccc1. The van der Waals surface area contributed by atoms with Crippen LogP contribution >= 0.6 is 11.3 Å². The largest absolute Gasteiger partial charge is 0.503 e. The Hall–Kier alpha value is -5.21. The molecule has 6 rings (SSSR count). The lowest BCUT2D eigenvalue weighted by atomic mass is 9.95. The minimum atomic E-state index is -0.950. The van der Waals surface area contributed by atoms with Crippen molar-refractivity contribution in [2.24, 2.45) is 0 Å². The van der Waals surface area contributed by atoms with Crippen molar-refractivity contribution in [3.63, 3.8) is 0 Å². The highest BCUT2D eigenvalue weighted by Gasteiger charge is 2.45. The fourth-order valence-electron chi connectivity index (χ4n) is 5.37. The molecule has 1 N–H and O–H groups in total. The number of hydrogen-bond acceptors (Lipinski definition) is 7. The van der Waals surface area contributed by atoms with Gasteiger partial charge in [0.1, 0.15) is 6.61 Å². The van der Waals surface area contributed by atoms with E-state index in [1.54, 1.807) is 24.3 Å². The van der Waals surface area contributed by atoms with Gasteiger partial charge in [-0.05, 0) is 65.9 Å². The van der Waals surface area contributed by atoms with Crippen molar-refractivity contribution >= 4 is 44.5 Å². The highest BCUT2D eigenvalue weighted by atomic mass is 32.1. The lowest BCUT2D eigenvalue weighted by Crippen LogP contribution is -2.30. The van der Waals surface area contributed by atoms with Crippen LogP contribution in [0.4, 0.5) is 5.13 Å². The number of rotatable bonds is 9. The number of carbonyl (C=O) groups excluding carboxylic acids is 2. The molecule has 0 bridgehead atoms. The van der Waals surface area contributed by atoms with Crippen molar-refractivity contribution in [3.05, 3.63) is 136 Å². The minimum absolute atomic E-state index is 0.0330. The number of ketones is 1. The summed E-state index contributed by atoms with van der Waals surface area (Å²) in [5.41, 5.74) is 5.17.